The van der Waals surface area contributed by atoms with E-state index in [9.17, 15) is 14.7 Å². The number of thiocarbonyl (C=S) groups is 1. The molecule has 1 heterocycles. The van der Waals surface area contributed by atoms with E-state index in [0.29, 0.717) is 27.2 Å². The molecular formula is C19H15IN2O4S. The number of carbonyl (C=O) groups excluding carboxylic acids is 2. The molecule has 0 aliphatic carbocycles. The molecule has 1 saturated heterocycles. The monoisotopic (exact) mass is 494 g/mol. The predicted molar refractivity (Wildman–Crippen MR) is 115 cm³/mol. The number of rotatable bonds is 4. The van der Waals surface area contributed by atoms with Gasteiger partial charge in [-0.2, -0.15) is 0 Å². The molecule has 0 atom stereocenters. The van der Waals surface area contributed by atoms with Gasteiger partial charge in [-0.05, 0) is 77.6 Å². The van der Waals surface area contributed by atoms with Crippen LogP contribution >= 0.6 is 34.8 Å². The minimum Gasteiger partial charge on any atom is -0.507 e. The highest BCUT2D eigenvalue weighted by molar-refractivity contribution is 14.1. The molecule has 3 rings (SSSR count). The average molecular weight is 494 g/mol. The number of nitrogens with one attached hydrogen (secondary N) is 1. The zero-order valence-electron chi connectivity index (χ0n) is 14.2. The van der Waals surface area contributed by atoms with Crippen LogP contribution in [-0.2, 0) is 9.59 Å². The number of aromatic hydroxyl groups is 1. The van der Waals surface area contributed by atoms with Crippen molar-refractivity contribution in [2.75, 3.05) is 11.5 Å². The maximum Gasteiger partial charge on any atom is 0.270 e. The summed E-state index contributed by atoms with van der Waals surface area (Å²) < 4.78 is 6.08. The number of carbonyl (C=O) groups is 2. The molecule has 2 amide bonds. The molecule has 0 aromatic heterocycles. The maximum atomic E-state index is 13.0. The number of benzene rings is 2. The molecule has 1 fully saturated rings. The van der Waals surface area contributed by atoms with E-state index in [1.54, 1.807) is 36.4 Å². The minimum absolute atomic E-state index is 0.0103. The van der Waals surface area contributed by atoms with Crippen molar-refractivity contribution < 1.29 is 19.4 Å². The van der Waals surface area contributed by atoms with Crippen LogP contribution in [0.3, 0.4) is 0 Å². The first kappa shape index (κ1) is 19.3. The molecule has 2 aromatic carbocycles. The van der Waals surface area contributed by atoms with E-state index in [-0.39, 0.29) is 16.4 Å². The molecule has 8 heteroatoms. The lowest BCUT2D eigenvalue weighted by atomic mass is 10.1. The van der Waals surface area contributed by atoms with Gasteiger partial charge in [0.15, 0.2) is 5.11 Å². The van der Waals surface area contributed by atoms with Gasteiger partial charge >= 0.3 is 0 Å². The molecule has 0 unspecified atom stereocenters. The van der Waals surface area contributed by atoms with Crippen molar-refractivity contribution in [3.05, 3.63) is 57.2 Å². The number of anilines is 1. The number of hydrogen-bond donors (Lipinski definition) is 2. The summed E-state index contributed by atoms with van der Waals surface area (Å²) in [5, 5.41) is 12.2. The van der Waals surface area contributed by atoms with Crippen LogP contribution in [0.4, 0.5) is 5.69 Å². The van der Waals surface area contributed by atoms with Gasteiger partial charge in [0.1, 0.15) is 17.1 Å². The summed E-state index contributed by atoms with van der Waals surface area (Å²) in [6.07, 6.45) is 1.47. The molecule has 138 valence electrons. The number of ether oxygens (including phenoxy) is 1. The Morgan fingerprint density at radius 2 is 2.04 bits per heavy atom. The molecule has 2 N–H and O–H groups in total. The summed E-state index contributed by atoms with van der Waals surface area (Å²) in [7, 11) is 0. The normalized spacial score (nSPS) is 15.9. The van der Waals surface area contributed by atoms with Gasteiger partial charge in [0, 0.05) is 6.07 Å². The van der Waals surface area contributed by atoms with Gasteiger partial charge in [0.2, 0.25) is 0 Å². The number of hydrogen-bond acceptors (Lipinski definition) is 5. The van der Waals surface area contributed by atoms with Crippen molar-refractivity contribution in [2.24, 2.45) is 0 Å². The molecule has 0 spiro atoms. The third-order valence-electron chi connectivity index (χ3n) is 3.77. The van der Waals surface area contributed by atoms with E-state index in [4.69, 9.17) is 17.0 Å². The van der Waals surface area contributed by atoms with Gasteiger partial charge in [-0.1, -0.05) is 12.1 Å². The lowest BCUT2D eigenvalue weighted by molar-refractivity contribution is -0.122. The summed E-state index contributed by atoms with van der Waals surface area (Å²) >= 11 is 7.17. The predicted octanol–water partition coefficient (Wildman–Crippen LogP) is 3.23. The molecule has 0 saturated carbocycles. The second kappa shape index (κ2) is 8.05. The Hall–Kier alpha value is -2.46. The fourth-order valence-electron chi connectivity index (χ4n) is 2.55. The zero-order valence-corrected chi connectivity index (χ0v) is 17.2. The van der Waals surface area contributed by atoms with Gasteiger partial charge < -0.3 is 9.84 Å². The van der Waals surface area contributed by atoms with E-state index in [1.807, 2.05) is 29.5 Å². The standard InChI is InChI=1S/C19H15IN2O4S/c1-2-26-13-5-3-4-12(10-13)22-18(25)14(17(24)21-19(22)27)8-11-6-7-16(23)15(20)9-11/h3-10,23H,2H2,1H3,(H,21,24,27)/b14-8+. The molecule has 1 aliphatic heterocycles. The van der Waals surface area contributed by atoms with Crippen molar-refractivity contribution in [2.45, 2.75) is 6.92 Å². The van der Waals surface area contributed by atoms with Gasteiger partial charge in [0.25, 0.3) is 11.8 Å². The van der Waals surface area contributed by atoms with Crippen molar-refractivity contribution in [1.82, 2.24) is 5.32 Å². The highest BCUT2D eigenvalue weighted by atomic mass is 127. The second-order valence-electron chi connectivity index (χ2n) is 5.60. The molecule has 27 heavy (non-hydrogen) atoms. The van der Waals surface area contributed by atoms with Gasteiger partial charge in [-0.15, -0.1) is 0 Å². The van der Waals surface area contributed by atoms with Crippen molar-refractivity contribution in [1.29, 1.82) is 0 Å². The Morgan fingerprint density at radius 3 is 2.74 bits per heavy atom. The largest absolute Gasteiger partial charge is 0.507 e. The number of phenolic OH excluding ortho intramolecular Hbond substituents is 1. The molecule has 0 radical (unpaired) electrons. The Morgan fingerprint density at radius 1 is 1.26 bits per heavy atom. The fraction of sp³-hybridized carbons (Fsp3) is 0.105. The van der Waals surface area contributed by atoms with Crippen LogP contribution < -0.4 is 15.0 Å². The summed E-state index contributed by atoms with van der Waals surface area (Å²) in [6.45, 7) is 2.35. The van der Waals surface area contributed by atoms with Gasteiger partial charge in [0.05, 0.1) is 15.9 Å². The van der Waals surface area contributed by atoms with Crippen molar-refractivity contribution in [3.63, 3.8) is 0 Å². The van der Waals surface area contributed by atoms with Crippen LogP contribution in [0.2, 0.25) is 0 Å². The Balaban J connectivity index is 1.99. The molecule has 2 aromatic rings. The van der Waals surface area contributed by atoms with E-state index in [0.717, 1.165) is 0 Å². The topological polar surface area (TPSA) is 78.9 Å². The molecule has 6 nitrogen and oxygen atoms in total. The number of phenols is 1. The Labute approximate surface area is 175 Å². The second-order valence-corrected chi connectivity index (χ2v) is 7.15. The molecule has 0 bridgehead atoms. The summed E-state index contributed by atoms with van der Waals surface area (Å²) in [5.74, 6) is -0.361. The SMILES string of the molecule is CCOc1cccc(N2C(=O)/C(=C/c3ccc(O)c(I)c3)C(=O)NC2=S)c1. The lowest BCUT2D eigenvalue weighted by Gasteiger charge is -2.29. The van der Waals surface area contributed by atoms with Crippen LogP contribution in [0.1, 0.15) is 12.5 Å². The summed E-state index contributed by atoms with van der Waals surface area (Å²) in [4.78, 5) is 26.6. The van der Waals surface area contributed by atoms with Gasteiger partial charge in [-0.3, -0.25) is 19.8 Å². The Bertz CT molecular complexity index is 974. The first-order chi connectivity index (χ1) is 12.9. The van der Waals surface area contributed by atoms with E-state index >= 15 is 0 Å². The van der Waals surface area contributed by atoms with E-state index < -0.39 is 11.8 Å². The lowest BCUT2D eigenvalue weighted by Crippen LogP contribution is -2.54. The first-order valence-corrected chi connectivity index (χ1v) is 9.52. The first-order valence-electron chi connectivity index (χ1n) is 8.03. The van der Waals surface area contributed by atoms with Crippen LogP contribution in [0, 0.1) is 3.57 Å². The number of nitrogens with zero attached hydrogens (tertiary/aromatic N) is 1. The minimum atomic E-state index is -0.565. The van der Waals surface area contributed by atoms with E-state index in [2.05, 4.69) is 5.32 Å². The summed E-state index contributed by atoms with van der Waals surface area (Å²) in [5.41, 5.74) is 1.07. The third-order valence-corrected chi connectivity index (χ3v) is 4.92. The van der Waals surface area contributed by atoms with Crippen LogP contribution in [0.15, 0.2) is 48.0 Å². The van der Waals surface area contributed by atoms with Crippen molar-refractivity contribution >= 4 is 63.5 Å². The number of amides is 2. The Kier molecular flexibility index (Phi) is 5.76. The quantitative estimate of drug-likeness (QED) is 0.296. The highest BCUT2D eigenvalue weighted by Gasteiger charge is 2.34. The van der Waals surface area contributed by atoms with Crippen LogP contribution in [0.5, 0.6) is 11.5 Å². The van der Waals surface area contributed by atoms with Crippen LogP contribution in [-0.4, -0.2) is 28.6 Å². The zero-order chi connectivity index (χ0) is 19.6. The highest BCUT2D eigenvalue weighted by Crippen LogP contribution is 2.27. The fourth-order valence-corrected chi connectivity index (χ4v) is 3.37. The average Bonchev–Trinajstić information content (AvgIpc) is 2.62. The smallest absolute Gasteiger partial charge is 0.270 e. The van der Waals surface area contributed by atoms with Gasteiger partial charge in [-0.25, -0.2) is 0 Å². The maximum absolute atomic E-state index is 13.0. The molecule has 1 aliphatic rings. The molecular weight excluding hydrogens is 479 g/mol. The van der Waals surface area contributed by atoms with E-state index in [1.165, 1.54) is 17.0 Å². The third kappa shape index (κ3) is 4.11. The summed E-state index contributed by atoms with van der Waals surface area (Å²) in [6, 6.07) is 11.7. The number of halogens is 1. The van der Waals surface area contributed by atoms with Crippen LogP contribution in [0.25, 0.3) is 6.08 Å². The van der Waals surface area contributed by atoms with Crippen molar-refractivity contribution in [3.8, 4) is 11.5 Å².